The second kappa shape index (κ2) is 13.3. The Kier molecular flexibility index (Phi) is 9.85. The lowest BCUT2D eigenvalue weighted by atomic mass is 10.1. The number of carbonyl (C=O) groups excluding carboxylic acids is 3. The van der Waals surface area contributed by atoms with Gasteiger partial charge in [-0.1, -0.05) is 54.6 Å². The van der Waals surface area contributed by atoms with E-state index in [1.54, 1.807) is 54.6 Å². The van der Waals surface area contributed by atoms with Gasteiger partial charge in [0.25, 0.3) is 10.1 Å². The van der Waals surface area contributed by atoms with Gasteiger partial charge in [0.05, 0.1) is 22.9 Å². The number of ether oxygens (including phenoxy) is 3. The highest BCUT2D eigenvalue weighted by Gasteiger charge is 2.39. The Morgan fingerprint density at radius 1 is 0.737 bits per heavy atom. The Balaban J connectivity index is 1.93. The summed E-state index contributed by atoms with van der Waals surface area (Å²) in [6.07, 6.45) is -3.53. The highest BCUT2D eigenvalue weighted by atomic mass is 32.2. The molecule has 198 valence electrons. The first-order chi connectivity index (χ1) is 18.2. The number of hydrogen-bond acceptors (Lipinski definition) is 10. The largest absolute Gasteiger partial charge is 0.459 e. The maximum atomic E-state index is 12.9. The Hall–Kier alpha value is -4.35. The third-order valence-corrected chi connectivity index (χ3v) is 5.64. The van der Waals surface area contributed by atoms with Gasteiger partial charge in [0, 0.05) is 6.21 Å². The molecule has 0 spiro atoms. The molecule has 0 aliphatic rings. The summed E-state index contributed by atoms with van der Waals surface area (Å²) in [6.45, 7) is -0.708. The van der Waals surface area contributed by atoms with Crippen molar-refractivity contribution in [1.82, 2.24) is 0 Å². The van der Waals surface area contributed by atoms with Crippen LogP contribution in [0.15, 0.2) is 91.0 Å². The molecule has 1 N–H and O–H groups in total. The molecular weight excluding hydrogens is 514 g/mol. The van der Waals surface area contributed by atoms with Crippen molar-refractivity contribution in [2.45, 2.75) is 18.3 Å². The number of rotatable bonds is 12. The van der Waals surface area contributed by atoms with Gasteiger partial charge in [0.15, 0.2) is 18.3 Å². The van der Waals surface area contributed by atoms with Crippen molar-refractivity contribution in [3.8, 4) is 0 Å². The summed E-state index contributed by atoms with van der Waals surface area (Å²) in [5.41, 5.74) is 0.432. The van der Waals surface area contributed by atoms with Crippen LogP contribution in [0.25, 0.3) is 0 Å². The van der Waals surface area contributed by atoms with Crippen LogP contribution in [0.2, 0.25) is 0 Å². The maximum absolute atomic E-state index is 12.9. The van der Waals surface area contributed by atoms with E-state index < -0.39 is 52.9 Å². The molecule has 3 rings (SSSR count). The molecular formula is C27H25NO9S. The van der Waals surface area contributed by atoms with Crippen LogP contribution in [-0.4, -0.2) is 63.7 Å². The van der Waals surface area contributed by atoms with E-state index in [-0.39, 0.29) is 16.7 Å². The van der Waals surface area contributed by atoms with Gasteiger partial charge in [-0.25, -0.2) is 14.4 Å². The van der Waals surface area contributed by atoms with Crippen molar-refractivity contribution < 1.29 is 41.2 Å². The minimum absolute atomic E-state index is 0.106. The van der Waals surface area contributed by atoms with Crippen LogP contribution in [0, 0.1) is 5.41 Å². The van der Waals surface area contributed by atoms with Crippen molar-refractivity contribution in [1.29, 1.82) is 5.41 Å². The molecule has 0 amide bonds. The molecule has 0 bridgehead atoms. The van der Waals surface area contributed by atoms with Gasteiger partial charge in [-0.3, -0.25) is 4.18 Å². The molecule has 0 aliphatic carbocycles. The second-order valence-electron chi connectivity index (χ2n) is 7.94. The van der Waals surface area contributed by atoms with Crippen LogP contribution in [0.1, 0.15) is 31.1 Å². The van der Waals surface area contributed by atoms with Gasteiger partial charge in [0.1, 0.15) is 6.61 Å². The van der Waals surface area contributed by atoms with E-state index >= 15 is 0 Å². The second-order valence-corrected chi connectivity index (χ2v) is 9.54. The highest BCUT2D eigenvalue weighted by molar-refractivity contribution is 7.86. The van der Waals surface area contributed by atoms with Crippen molar-refractivity contribution in [3.63, 3.8) is 0 Å². The standard InChI is InChI=1S/C27H25NO9S/c1-38(32,33)37-23(18-34-25(29)19-11-5-2-6-12-19)24(36-27(31)21-15-9-4-10-16-21)22(17-28)35-26(30)20-13-7-3-8-14-20/h2-17,22-24,28H,18H2,1H3/t22-,23-,24-/m0/s1. The minimum atomic E-state index is -4.20. The zero-order valence-corrected chi connectivity index (χ0v) is 21.1. The molecule has 10 nitrogen and oxygen atoms in total. The fraction of sp³-hybridized carbons (Fsp3) is 0.185. The lowest BCUT2D eigenvalue weighted by Gasteiger charge is -2.30. The summed E-state index contributed by atoms with van der Waals surface area (Å²) in [5, 5.41) is 7.86. The monoisotopic (exact) mass is 539 g/mol. The topological polar surface area (TPSA) is 146 Å². The minimum Gasteiger partial charge on any atom is -0.459 e. The molecule has 3 atom stereocenters. The quantitative estimate of drug-likeness (QED) is 0.158. The lowest BCUT2D eigenvalue weighted by Crippen LogP contribution is -2.48. The highest BCUT2D eigenvalue weighted by Crippen LogP contribution is 2.19. The summed E-state index contributed by atoms with van der Waals surface area (Å²) < 4.78 is 45.5. The molecule has 0 saturated heterocycles. The molecule has 3 aromatic carbocycles. The molecule has 0 heterocycles. The lowest BCUT2D eigenvalue weighted by molar-refractivity contribution is -0.0679. The summed E-state index contributed by atoms with van der Waals surface area (Å²) in [6, 6.07) is 23.5. The number of nitrogens with one attached hydrogen (secondary N) is 1. The summed E-state index contributed by atoms with van der Waals surface area (Å²) >= 11 is 0. The summed E-state index contributed by atoms with van der Waals surface area (Å²) in [7, 11) is -4.20. The first kappa shape index (κ1) is 28.2. The third kappa shape index (κ3) is 8.36. The van der Waals surface area contributed by atoms with Crippen molar-refractivity contribution in [2.24, 2.45) is 0 Å². The number of esters is 3. The first-order valence-corrected chi connectivity index (χ1v) is 13.1. The zero-order chi connectivity index (χ0) is 27.5. The van der Waals surface area contributed by atoms with E-state index in [0.29, 0.717) is 6.21 Å². The average Bonchev–Trinajstić information content (AvgIpc) is 2.93. The Morgan fingerprint density at radius 2 is 1.16 bits per heavy atom. The molecule has 3 aromatic rings. The Morgan fingerprint density at radius 3 is 1.58 bits per heavy atom. The number of benzene rings is 3. The SMILES string of the molecule is CS(=O)(=O)O[C@@H](COC(=O)c1ccccc1)[C@@H](OC(=O)c1ccccc1)[C@H](C=N)OC(=O)c1ccccc1. The van der Waals surface area contributed by atoms with E-state index in [1.165, 1.54) is 36.4 Å². The zero-order valence-electron chi connectivity index (χ0n) is 20.3. The maximum Gasteiger partial charge on any atom is 0.338 e. The average molecular weight is 540 g/mol. The fourth-order valence-electron chi connectivity index (χ4n) is 3.30. The molecule has 0 fully saturated rings. The van der Waals surface area contributed by atoms with Crippen molar-refractivity contribution in [2.75, 3.05) is 12.9 Å². The van der Waals surface area contributed by atoms with Gasteiger partial charge in [-0.15, -0.1) is 0 Å². The van der Waals surface area contributed by atoms with E-state index in [2.05, 4.69) is 0 Å². The molecule has 0 aromatic heterocycles. The van der Waals surface area contributed by atoms with Crippen LogP contribution < -0.4 is 0 Å². The molecule has 38 heavy (non-hydrogen) atoms. The predicted molar refractivity (Wildman–Crippen MR) is 137 cm³/mol. The molecule has 11 heteroatoms. The van der Waals surface area contributed by atoms with Crippen LogP contribution in [0.5, 0.6) is 0 Å². The van der Waals surface area contributed by atoms with Crippen LogP contribution in [-0.2, 0) is 28.5 Å². The van der Waals surface area contributed by atoms with Crippen LogP contribution in [0.3, 0.4) is 0 Å². The van der Waals surface area contributed by atoms with Gasteiger partial charge >= 0.3 is 17.9 Å². The van der Waals surface area contributed by atoms with Crippen LogP contribution in [0.4, 0.5) is 0 Å². The Labute approximate surface area is 219 Å². The van der Waals surface area contributed by atoms with E-state index in [4.69, 9.17) is 23.8 Å². The first-order valence-electron chi connectivity index (χ1n) is 11.3. The van der Waals surface area contributed by atoms with E-state index in [9.17, 15) is 22.8 Å². The summed E-state index contributed by atoms with van der Waals surface area (Å²) in [4.78, 5) is 38.2. The van der Waals surface area contributed by atoms with Gasteiger partial charge in [-0.2, -0.15) is 8.42 Å². The van der Waals surface area contributed by atoms with Crippen LogP contribution >= 0.6 is 0 Å². The summed E-state index contributed by atoms with van der Waals surface area (Å²) in [5.74, 6) is -2.57. The molecule has 0 unspecified atom stereocenters. The smallest absolute Gasteiger partial charge is 0.338 e. The normalized spacial score (nSPS) is 13.4. The molecule has 0 radical (unpaired) electrons. The van der Waals surface area contributed by atoms with E-state index in [0.717, 1.165) is 6.26 Å². The van der Waals surface area contributed by atoms with Crippen molar-refractivity contribution in [3.05, 3.63) is 108 Å². The van der Waals surface area contributed by atoms with Gasteiger partial charge < -0.3 is 19.6 Å². The Bertz CT molecular complexity index is 1350. The fourth-order valence-corrected chi connectivity index (χ4v) is 3.91. The predicted octanol–water partition coefficient (Wildman–Crippen LogP) is 3.29. The van der Waals surface area contributed by atoms with Gasteiger partial charge in [0.2, 0.25) is 0 Å². The van der Waals surface area contributed by atoms with E-state index in [1.807, 2.05) is 0 Å². The number of carbonyl (C=O) groups is 3. The molecule has 0 aliphatic heterocycles. The third-order valence-electron chi connectivity index (χ3n) is 5.05. The number of hydrogen-bond donors (Lipinski definition) is 1. The van der Waals surface area contributed by atoms with Crippen molar-refractivity contribution >= 4 is 34.2 Å². The van der Waals surface area contributed by atoms with Gasteiger partial charge in [-0.05, 0) is 36.4 Å². The molecule has 0 saturated carbocycles.